The molecule has 0 aliphatic heterocycles. The minimum Gasteiger partial charge on any atom is -0.465 e. The van der Waals surface area contributed by atoms with Crippen molar-refractivity contribution >= 4 is 27.5 Å². The number of carbonyl (C=O) groups is 1. The lowest BCUT2D eigenvalue weighted by atomic mass is 10.1. The van der Waals surface area contributed by atoms with Crippen LogP contribution in [0.2, 0.25) is 0 Å². The van der Waals surface area contributed by atoms with E-state index in [1.165, 1.54) is 18.4 Å². The molecule has 9 heteroatoms. The summed E-state index contributed by atoms with van der Waals surface area (Å²) in [5, 5.41) is 11.1. The molecule has 0 radical (unpaired) electrons. The van der Waals surface area contributed by atoms with E-state index in [2.05, 4.69) is 9.97 Å². The SMILES string of the molecule is CCc1c(C(=O)OC)sc2nc(CN(CCOC)CC(O)c3ccccc3)[nH]c(=O)c12. The molecule has 2 heterocycles. The van der Waals surface area contributed by atoms with Crippen LogP contribution in [0.3, 0.4) is 0 Å². The van der Waals surface area contributed by atoms with Crippen LogP contribution < -0.4 is 5.56 Å². The van der Waals surface area contributed by atoms with Crippen molar-refractivity contribution in [1.82, 2.24) is 14.9 Å². The van der Waals surface area contributed by atoms with Gasteiger partial charge in [-0.1, -0.05) is 37.3 Å². The third kappa shape index (κ3) is 5.37. The van der Waals surface area contributed by atoms with Gasteiger partial charge in [0.2, 0.25) is 0 Å². The number of thiophene rings is 1. The van der Waals surface area contributed by atoms with Gasteiger partial charge in [-0.05, 0) is 17.5 Å². The molecule has 3 rings (SSSR count). The molecule has 0 bridgehead atoms. The van der Waals surface area contributed by atoms with E-state index in [1.54, 1.807) is 7.11 Å². The molecule has 0 saturated carbocycles. The number of carbonyl (C=O) groups excluding carboxylic acids is 1. The number of nitrogens with one attached hydrogen (secondary N) is 1. The van der Waals surface area contributed by atoms with Gasteiger partial charge in [-0.25, -0.2) is 9.78 Å². The molecular weight excluding hydrogens is 418 g/mol. The number of hydrogen-bond acceptors (Lipinski definition) is 8. The van der Waals surface area contributed by atoms with Gasteiger partial charge in [0, 0.05) is 20.2 Å². The largest absolute Gasteiger partial charge is 0.465 e. The maximum absolute atomic E-state index is 12.8. The number of aromatic nitrogens is 2. The average Bonchev–Trinajstić information content (AvgIpc) is 3.16. The number of aromatic amines is 1. The van der Waals surface area contributed by atoms with E-state index in [0.717, 1.165) is 5.56 Å². The molecule has 166 valence electrons. The van der Waals surface area contributed by atoms with E-state index in [9.17, 15) is 14.7 Å². The van der Waals surface area contributed by atoms with Crippen molar-refractivity contribution in [2.45, 2.75) is 26.0 Å². The van der Waals surface area contributed by atoms with Gasteiger partial charge < -0.3 is 19.6 Å². The van der Waals surface area contributed by atoms with Gasteiger partial charge in [0.05, 0.1) is 31.8 Å². The first-order valence-corrected chi connectivity index (χ1v) is 10.9. The Labute approximate surface area is 184 Å². The molecule has 8 nitrogen and oxygen atoms in total. The van der Waals surface area contributed by atoms with Gasteiger partial charge in [0.15, 0.2) is 0 Å². The second-order valence-electron chi connectivity index (χ2n) is 7.10. The monoisotopic (exact) mass is 445 g/mol. The number of hydrogen-bond donors (Lipinski definition) is 2. The predicted molar refractivity (Wildman–Crippen MR) is 120 cm³/mol. The van der Waals surface area contributed by atoms with Crippen LogP contribution in [0.4, 0.5) is 0 Å². The Morgan fingerprint density at radius 1 is 1.29 bits per heavy atom. The van der Waals surface area contributed by atoms with Crippen molar-refractivity contribution in [2.75, 3.05) is 33.9 Å². The summed E-state index contributed by atoms with van der Waals surface area (Å²) in [4.78, 5) is 35.2. The van der Waals surface area contributed by atoms with Crippen LogP contribution in [0.1, 0.15) is 39.7 Å². The third-order valence-corrected chi connectivity index (χ3v) is 6.14. The van der Waals surface area contributed by atoms with E-state index in [-0.39, 0.29) is 5.56 Å². The summed E-state index contributed by atoms with van der Waals surface area (Å²) in [5.41, 5.74) is 1.19. The first-order chi connectivity index (χ1) is 15.0. The minimum atomic E-state index is -0.687. The zero-order valence-electron chi connectivity index (χ0n) is 17.9. The highest BCUT2D eigenvalue weighted by Gasteiger charge is 2.22. The summed E-state index contributed by atoms with van der Waals surface area (Å²) in [6.07, 6.45) is -0.162. The Bertz CT molecular complexity index is 1080. The molecule has 1 unspecified atom stereocenters. The van der Waals surface area contributed by atoms with Gasteiger partial charge in [0.25, 0.3) is 5.56 Å². The zero-order chi connectivity index (χ0) is 22.4. The maximum atomic E-state index is 12.8. The van der Waals surface area contributed by atoms with Crippen molar-refractivity contribution in [3.8, 4) is 0 Å². The molecular formula is C22H27N3O5S. The summed E-state index contributed by atoms with van der Waals surface area (Å²) < 4.78 is 10.1. The molecule has 1 aromatic carbocycles. The molecule has 0 aliphatic carbocycles. The summed E-state index contributed by atoms with van der Waals surface area (Å²) in [5.74, 6) is 0.00249. The maximum Gasteiger partial charge on any atom is 0.348 e. The number of benzene rings is 1. The summed E-state index contributed by atoms with van der Waals surface area (Å²) in [7, 11) is 2.94. The summed E-state index contributed by atoms with van der Waals surface area (Å²) >= 11 is 1.17. The lowest BCUT2D eigenvalue weighted by Gasteiger charge is -2.24. The molecule has 2 N–H and O–H groups in total. The fraction of sp³-hybridized carbons (Fsp3) is 0.409. The van der Waals surface area contributed by atoms with Gasteiger partial charge in [-0.3, -0.25) is 9.69 Å². The minimum absolute atomic E-state index is 0.279. The Kier molecular flexibility index (Phi) is 7.91. The fourth-order valence-corrected chi connectivity index (χ4v) is 4.67. The molecule has 0 fully saturated rings. The summed E-state index contributed by atoms with van der Waals surface area (Å²) in [6, 6.07) is 9.41. The van der Waals surface area contributed by atoms with Crippen molar-refractivity contribution in [2.24, 2.45) is 0 Å². The molecule has 0 saturated heterocycles. The number of aliphatic hydroxyl groups is 1. The highest BCUT2D eigenvalue weighted by atomic mass is 32.1. The van der Waals surface area contributed by atoms with Crippen molar-refractivity contribution < 1.29 is 19.4 Å². The van der Waals surface area contributed by atoms with E-state index < -0.39 is 12.1 Å². The molecule has 31 heavy (non-hydrogen) atoms. The number of aryl methyl sites for hydroxylation is 1. The van der Waals surface area contributed by atoms with Crippen LogP contribution in [0, 0.1) is 0 Å². The number of esters is 1. The van der Waals surface area contributed by atoms with E-state index in [1.807, 2.05) is 42.2 Å². The van der Waals surface area contributed by atoms with E-state index >= 15 is 0 Å². The topological polar surface area (TPSA) is 105 Å². The van der Waals surface area contributed by atoms with Crippen LogP contribution in [0.5, 0.6) is 0 Å². The second kappa shape index (κ2) is 10.6. The Morgan fingerprint density at radius 2 is 2.03 bits per heavy atom. The van der Waals surface area contributed by atoms with Gasteiger partial charge in [-0.15, -0.1) is 11.3 Å². The molecule has 3 aromatic rings. The molecule has 2 aromatic heterocycles. The van der Waals surface area contributed by atoms with E-state index in [0.29, 0.717) is 59.1 Å². The van der Waals surface area contributed by atoms with Crippen molar-refractivity contribution in [3.05, 3.63) is 62.5 Å². The summed E-state index contributed by atoms with van der Waals surface area (Å²) in [6.45, 7) is 3.59. The number of aliphatic hydroxyl groups excluding tert-OH is 1. The van der Waals surface area contributed by atoms with Crippen LogP contribution >= 0.6 is 11.3 Å². The molecule has 1 atom stereocenters. The van der Waals surface area contributed by atoms with Crippen LogP contribution in [0.25, 0.3) is 10.2 Å². The number of ether oxygens (including phenoxy) is 2. The Morgan fingerprint density at radius 3 is 2.68 bits per heavy atom. The van der Waals surface area contributed by atoms with Crippen molar-refractivity contribution in [3.63, 3.8) is 0 Å². The second-order valence-corrected chi connectivity index (χ2v) is 8.10. The quantitative estimate of drug-likeness (QED) is 0.462. The normalized spacial score (nSPS) is 12.4. The van der Waals surface area contributed by atoms with Gasteiger partial charge >= 0.3 is 5.97 Å². The molecule has 0 spiro atoms. The van der Waals surface area contributed by atoms with Gasteiger partial charge in [-0.2, -0.15) is 0 Å². The lowest BCUT2D eigenvalue weighted by molar-refractivity contribution is 0.0605. The van der Waals surface area contributed by atoms with Crippen LogP contribution in [0.15, 0.2) is 35.1 Å². The highest BCUT2D eigenvalue weighted by molar-refractivity contribution is 7.20. The Balaban J connectivity index is 1.89. The first-order valence-electron chi connectivity index (χ1n) is 10.1. The third-order valence-electron chi connectivity index (χ3n) is 5.03. The van der Waals surface area contributed by atoms with E-state index in [4.69, 9.17) is 9.47 Å². The fourth-order valence-electron chi connectivity index (χ4n) is 3.47. The standard InChI is InChI=1S/C22H27N3O5S/c1-4-15-18-20(27)23-17(24-21(18)31-19(15)22(28)30-3)13-25(10-11-29-2)12-16(26)14-8-6-5-7-9-14/h5-9,16,26H,4,10-13H2,1-3H3,(H,23,24,27). The number of H-pyrrole nitrogens is 1. The molecule has 0 amide bonds. The highest BCUT2D eigenvalue weighted by Crippen LogP contribution is 2.29. The smallest absolute Gasteiger partial charge is 0.348 e. The Hall–Kier alpha value is -2.59. The predicted octanol–water partition coefficient (Wildman–Crippen LogP) is 2.52. The molecule has 0 aliphatic rings. The van der Waals surface area contributed by atoms with Gasteiger partial charge in [0.1, 0.15) is 15.5 Å². The van der Waals surface area contributed by atoms with Crippen LogP contribution in [-0.2, 0) is 22.4 Å². The number of fused-ring (bicyclic) bond motifs is 1. The lowest BCUT2D eigenvalue weighted by Crippen LogP contribution is -2.32. The average molecular weight is 446 g/mol. The number of rotatable bonds is 10. The number of methoxy groups -OCH3 is 2. The number of nitrogens with zero attached hydrogens (tertiary/aromatic N) is 2. The first kappa shape index (κ1) is 23.1. The van der Waals surface area contributed by atoms with Crippen molar-refractivity contribution in [1.29, 1.82) is 0 Å². The van der Waals surface area contributed by atoms with Crippen LogP contribution in [-0.4, -0.2) is 59.9 Å². The zero-order valence-corrected chi connectivity index (χ0v) is 18.7.